The number of nitrogens with two attached hydrogens (primary N) is 1. The summed E-state index contributed by atoms with van der Waals surface area (Å²) in [5.41, 5.74) is 5.13. The number of sulfonamides is 1. The molecule has 13 heavy (non-hydrogen) atoms. The first kappa shape index (κ1) is 12.8. The molecule has 0 radical (unpaired) electrons. The Morgan fingerprint density at radius 2 is 1.77 bits per heavy atom. The third-order valence-electron chi connectivity index (χ3n) is 1.07. The Morgan fingerprint density at radius 3 is 2.15 bits per heavy atom. The van der Waals surface area contributed by atoms with E-state index in [-0.39, 0.29) is 6.54 Å². The van der Waals surface area contributed by atoms with Gasteiger partial charge in [0, 0.05) is 12.8 Å². The van der Waals surface area contributed by atoms with Crippen molar-refractivity contribution in [2.75, 3.05) is 24.4 Å². The van der Waals surface area contributed by atoms with Gasteiger partial charge < -0.3 is 5.73 Å². The van der Waals surface area contributed by atoms with Gasteiger partial charge in [-0.1, -0.05) is 0 Å². The predicted molar refractivity (Wildman–Crippen MR) is 50.3 cm³/mol. The first-order valence-electron chi connectivity index (χ1n) is 3.62. The molecule has 6 nitrogen and oxygen atoms in total. The average Bonchev–Trinajstić information content (AvgIpc) is 1.81. The smallest absolute Gasteiger partial charge is 0.226 e. The molecule has 0 heterocycles. The zero-order valence-electron chi connectivity index (χ0n) is 7.36. The van der Waals surface area contributed by atoms with Gasteiger partial charge in [0.1, 0.15) is 0 Å². The minimum absolute atomic E-state index is 0.175. The normalized spacial score (nSPS) is 13.1. The molecule has 0 rings (SSSR count). The van der Waals surface area contributed by atoms with Gasteiger partial charge in [-0.25, -0.2) is 21.6 Å². The molecular formula is C5H14N2O4S2. The van der Waals surface area contributed by atoms with Crippen molar-refractivity contribution in [2.24, 2.45) is 5.73 Å². The highest BCUT2D eigenvalue weighted by Gasteiger charge is 2.16. The van der Waals surface area contributed by atoms with Gasteiger partial charge in [-0.3, -0.25) is 0 Å². The van der Waals surface area contributed by atoms with Crippen LogP contribution in [0, 0.1) is 0 Å². The standard InChI is InChI=1S/C5H14N2O4S2/c1-12(8,9)5-13(10,11)7-4-2-3-6/h7H,2-6H2,1H3. The molecule has 0 saturated carbocycles. The van der Waals surface area contributed by atoms with Crippen LogP contribution in [0.25, 0.3) is 0 Å². The van der Waals surface area contributed by atoms with E-state index in [2.05, 4.69) is 4.72 Å². The Kier molecular flexibility index (Phi) is 4.82. The minimum Gasteiger partial charge on any atom is -0.330 e. The molecule has 0 saturated heterocycles. The van der Waals surface area contributed by atoms with E-state index >= 15 is 0 Å². The third kappa shape index (κ3) is 8.16. The van der Waals surface area contributed by atoms with Crippen LogP contribution in [0.2, 0.25) is 0 Å². The highest BCUT2D eigenvalue weighted by atomic mass is 32.3. The summed E-state index contributed by atoms with van der Waals surface area (Å²) in [6.07, 6.45) is 1.36. The molecule has 0 spiro atoms. The van der Waals surface area contributed by atoms with Crippen molar-refractivity contribution in [3.8, 4) is 0 Å². The second kappa shape index (κ2) is 4.89. The fraction of sp³-hybridized carbons (Fsp3) is 1.00. The zero-order valence-corrected chi connectivity index (χ0v) is 8.99. The van der Waals surface area contributed by atoms with Gasteiger partial charge in [-0.15, -0.1) is 0 Å². The Morgan fingerprint density at radius 1 is 1.23 bits per heavy atom. The van der Waals surface area contributed by atoms with Crippen molar-refractivity contribution in [3.63, 3.8) is 0 Å². The summed E-state index contributed by atoms with van der Waals surface area (Å²) in [5.74, 6) is 0. The molecule has 0 aliphatic heterocycles. The van der Waals surface area contributed by atoms with Crippen LogP contribution < -0.4 is 10.5 Å². The summed E-state index contributed by atoms with van der Waals surface area (Å²) in [6.45, 7) is 0.537. The second-order valence-electron chi connectivity index (χ2n) is 2.69. The molecule has 0 aromatic heterocycles. The van der Waals surface area contributed by atoms with Crippen LogP contribution >= 0.6 is 0 Å². The molecule has 0 aromatic rings. The molecule has 0 atom stereocenters. The van der Waals surface area contributed by atoms with Crippen LogP contribution in [-0.4, -0.2) is 41.3 Å². The van der Waals surface area contributed by atoms with Gasteiger partial charge in [0.05, 0.1) is 0 Å². The minimum atomic E-state index is -3.71. The van der Waals surface area contributed by atoms with Gasteiger partial charge in [-0.2, -0.15) is 0 Å². The molecule has 80 valence electrons. The van der Waals surface area contributed by atoms with Gasteiger partial charge in [0.25, 0.3) is 0 Å². The highest BCUT2D eigenvalue weighted by Crippen LogP contribution is 1.91. The lowest BCUT2D eigenvalue weighted by atomic mass is 10.4. The third-order valence-corrected chi connectivity index (χ3v) is 4.67. The van der Waals surface area contributed by atoms with E-state index in [0.717, 1.165) is 6.26 Å². The summed E-state index contributed by atoms with van der Waals surface area (Å²) in [6, 6.07) is 0. The maximum Gasteiger partial charge on any atom is 0.226 e. The number of sulfone groups is 1. The lowest BCUT2D eigenvalue weighted by Gasteiger charge is -2.03. The first-order chi connectivity index (χ1) is 5.77. The first-order valence-corrected chi connectivity index (χ1v) is 7.33. The summed E-state index contributed by atoms with van der Waals surface area (Å²) in [4.78, 5) is 0. The second-order valence-corrected chi connectivity index (χ2v) is 7.01. The maximum absolute atomic E-state index is 11.0. The van der Waals surface area contributed by atoms with E-state index in [9.17, 15) is 16.8 Å². The molecule has 3 N–H and O–H groups in total. The molecule has 0 aromatic carbocycles. The van der Waals surface area contributed by atoms with Crippen LogP contribution in [0.15, 0.2) is 0 Å². The van der Waals surface area contributed by atoms with E-state index < -0.39 is 24.9 Å². The van der Waals surface area contributed by atoms with E-state index in [1.54, 1.807) is 0 Å². The Hall–Kier alpha value is -0.180. The molecule has 0 fully saturated rings. The van der Waals surface area contributed by atoms with Crippen molar-refractivity contribution >= 4 is 19.9 Å². The topological polar surface area (TPSA) is 106 Å². The molecule has 0 bridgehead atoms. The van der Waals surface area contributed by atoms with Crippen LogP contribution in [-0.2, 0) is 19.9 Å². The lowest BCUT2D eigenvalue weighted by Crippen LogP contribution is -2.31. The molecule has 0 aliphatic carbocycles. The SMILES string of the molecule is CS(=O)(=O)CS(=O)(=O)NCCCN. The molecule has 0 unspecified atom stereocenters. The van der Waals surface area contributed by atoms with Crippen molar-refractivity contribution in [1.82, 2.24) is 4.72 Å². The summed E-state index contributed by atoms with van der Waals surface area (Å²) in [5, 5.41) is -0.870. The van der Waals surface area contributed by atoms with Crippen molar-refractivity contribution in [3.05, 3.63) is 0 Å². The number of hydrogen-bond donors (Lipinski definition) is 2. The summed E-state index contributed by atoms with van der Waals surface area (Å²) < 4.78 is 45.4. The van der Waals surface area contributed by atoms with E-state index in [1.807, 2.05) is 0 Å². The van der Waals surface area contributed by atoms with Crippen LogP contribution in [0.5, 0.6) is 0 Å². The summed E-state index contributed by atoms with van der Waals surface area (Å²) >= 11 is 0. The van der Waals surface area contributed by atoms with Gasteiger partial charge in [0.2, 0.25) is 10.0 Å². The van der Waals surface area contributed by atoms with E-state index in [1.165, 1.54) is 0 Å². The predicted octanol–water partition coefficient (Wildman–Crippen LogP) is -1.74. The fourth-order valence-electron chi connectivity index (χ4n) is 0.653. The monoisotopic (exact) mass is 230 g/mol. The summed E-state index contributed by atoms with van der Waals surface area (Å²) in [7, 11) is -7.21. The molecule has 0 aliphatic rings. The highest BCUT2D eigenvalue weighted by molar-refractivity contribution is 8.06. The van der Waals surface area contributed by atoms with Gasteiger partial charge >= 0.3 is 0 Å². The fourth-order valence-corrected chi connectivity index (χ4v) is 3.70. The van der Waals surface area contributed by atoms with Crippen LogP contribution in [0.4, 0.5) is 0 Å². The van der Waals surface area contributed by atoms with E-state index in [4.69, 9.17) is 5.73 Å². The quantitative estimate of drug-likeness (QED) is 0.527. The van der Waals surface area contributed by atoms with Crippen molar-refractivity contribution < 1.29 is 16.8 Å². The number of nitrogens with one attached hydrogen (secondary N) is 1. The Balaban J connectivity index is 4.12. The van der Waals surface area contributed by atoms with Crippen molar-refractivity contribution in [2.45, 2.75) is 6.42 Å². The Labute approximate surface area is 78.5 Å². The van der Waals surface area contributed by atoms with Gasteiger partial charge in [-0.05, 0) is 13.0 Å². The molecule has 0 amide bonds. The van der Waals surface area contributed by atoms with E-state index in [0.29, 0.717) is 13.0 Å². The zero-order chi connectivity index (χ0) is 10.5. The molecule has 8 heteroatoms. The maximum atomic E-state index is 11.0. The number of hydrogen-bond acceptors (Lipinski definition) is 5. The largest absolute Gasteiger partial charge is 0.330 e. The Bertz CT molecular complexity index is 332. The van der Waals surface area contributed by atoms with Crippen LogP contribution in [0.1, 0.15) is 6.42 Å². The van der Waals surface area contributed by atoms with Gasteiger partial charge in [0.15, 0.2) is 14.9 Å². The van der Waals surface area contributed by atoms with Crippen LogP contribution in [0.3, 0.4) is 0 Å². The molecular weight excluding hydrogens is 216 g/mol. The lowest BCUT2D eigenvalue weighted by molar-refractivity contribution is 0.579. The van der Waals surface area contributed by atoms with Crippen molar-refractivity contribution in [1.29, 1.82) is 0 Å². The number of rotatable bonds is 6. The average molecular weight is 230 g/mol.